The molecule has 1 aliphatic carbocycles. The molecule has 0 N–H and O–H groups in total. The van der Waals surface area contributed by atoms with Crippen LogP contribution in [-0.4, -0.2) is 12.1 Å². The molecule has 1 atom stereocenters. The highest BCUT2D eigenvalue weighted by atomic mass is 31.1. The first kappa shape index (κ1) is 8.89. The number of carbonyl (C=O) groups excluding carboxylic acids is 1. The summed E-state index contributed by atoms with van der Waals surface area (Å²) in [5.41, 5.74) is -0.697. The summed E-state index contributed by atoms with van der Waals surface area (Å²) in [4.78, 5) is 10.9. The van der Waals surface area contributed by atoms with Crippen molar-refractivity contribution in [1.82, 2.24) is 0 Å². The maximum absolute atomic E-state index is 10.9. The molecule has 0 heterocycles. The second-order valence-corrected chi connectivity index (χ2v) is 3.89. The molecule has 0 aromatic carbocycles. The van der Waals surface area contributed by atoms with E-state index in [4.69, 9.17) is 0 Å². The molecule has 0 aliphatic heterocycles. The fraction of sp³-hybridized carbons (Fsp3) is 0.800. The van der Waals surface area contributed by atoms with E-state index in [2.05, 4.69) is 4.52 Å². The largest absolute Gasteiger partial charge is 0.451 e. The van der Waals surface area contributed by atoms with Crippen molar-refractivity contribution in [2.75, 3.05) is 6.16 Å². The van der Waals surface area contributed by atoms with Crippen molar-refractivity contribution in [1.29, 1.82) is 0 Å². The van der Waals surface area contributed by atoms with E-state index in [-0.39, 0.29) is 6.16 Å². The predicted molar refractivity (Wildman–Crippen MR) is 40.6 cm³/mol. The topological polar surface area (TPSA) is 60.4 Å². The monoisotopic (exact) mass is 194 g/mol. The van der Waals surface area contributed by atoms with Crippen molar-refractivity contribution in [3.63, 3.8) is 0 Å². The fourth-order valence-electron chi connectivity index (χ4n) is 0.950. The van der Waals surface area contributed by atoms with Gasteiger partial charge >= 0.3 is 13.6 Å². The number of hydrogen-bond donors (Lipinski definition) is 0. The van der Waals surface area contributed by atoms with Crippen LogP contribution in [-0.2, 0) is 18.4 Å². The molecule has 0 radical (unpaired) electrons. The zero-order valence-electron chi connectivity index (χ0n) is 5.78. The molecule has 11 heavy (non-hydrogen) atoms. The van der Waals surface area contributed by atoms with Crippen molar-refractivity contribution in [2.45, 2.75) is 12.8 Å². The van der Waals surface area contributed by atoms with E-state index in [9.17, 15) is 13.9 Å². The van der Waals surface area contributed by atoms with Crippen LogP contribution in [0.4, 0.5) is 0 Å². The Labute approximate surface area is 66.8 Å². The summed E-state index contributed by atoms with van der Waals surface area (Å²) in [6, 6.07) is 0. The van der Waals surface area contributed by atoms with Crippen LogP contribution in [0.1, 0.15) is 12.8 Å². The minimum atomic E-state index is -2.47. The fourth-order valence-corrected chi connectivity index (χ4v) is 2.14. The average Bonchev–Trinajstić information content (AvgIpc) is 2.67. The summed E-state index contributed by atoms with van der Waals surface area (Å²) >= 11 is 0. The second-order valence-electron chi connectivity index (χ2n) is 2.68. The lowest BCUT2D eigenvalue weighted by Gasteiger charge is -2.05. The molecule has 62 valence electrons. The van der Waals surface area contributed by atoms with E-state index < -0.39 is 19.1 Å². The van der Waals surface area contributed by atoms with Gasteiger partial charge in [0.05, 0.1) is 21.0 Å². The molecule has 0 spiro atoms. The quantitative estimate of drug-likeness (QED) is 0.634. The van der Waals surface area contributed by atoms with Crippen LogP contribution in [0.5, 0.6) is 0 Å². The van der Waals surface area contributed by atoms with E-state index in [1.54, 1.807) is 0 Å². The summed E-state index contributed by atoms with van der Waals surface area (Å²) < 4.78 is 25.0. The van der Waals surface area contributed by atoms with E-state index in [1.807, 2.05) is 9.47 Å². The van der Waals surface area contributed by atoms with Crippen molar-refractivity contribution in [2.24, 2.45) is 5.41 Å². The number of carbonyl (C=O) groups is 1. The summed E-state index contributed by atoms with van der Waals surface area (Å²) in [5.74, 6) is -0.429. The van der Waals surface area contributed by atoms with Gasteiger partial charge in [0.25, 0.3) is 0 Å². The molecule has 0 amide bonds. The zero-order valence-corrected chi connectivity index (χ0v) is 7.83. The van der Waals surface area contributed by atoms with Gasteiger partial charge in [-0.05, 0) is 12.8 Å². The van der Waals surface area contributed by atoms with Crippen LogP contribution in [0.2, 0.25) is 0 Å². The Kier molecular flexibility index (Phi) is 2.46. The van der Waals surface area contributed by atoms with Crippen LogP contribution >= 0.6 is 17.1 Å². The van der Waals surface area contributed by atoms with Gasteiger partial charge in [0.2, 0.25) is 0 Å². The van der Waals surface area contributed by atoms with E-state index in [1.165, 1.54) is 0 Å². The molecule has 1 rings (SSSR count). The Bertz CT molecular complexity index is 233. The minimum absolute atomic E-state index is 0.0738. The SMILES string of the molecule is O=C(OP)C1(CP(=O)=O)CC1. The van der Waals surface area contributed by atoms with Crippen molar-refractivity contribution >= 4 is 23.1 Å². The highest BCUT2D eigenvalue weighted by Crippen LogP contribution is 2.50. The van der Waals surface area contributed by atoms with Crippen molar-refractivity contribution in [3.8, 4) is 0 Å². The third-order valence-electron chi connectivity index (χ3n) is 1.83. The molecule has 1 unspecified atom stereocenters. The Hall–Kier alpha value is -0.200. The maximum atomic E-state index is 10.9. The normalized spacial score (nSPS) is 19.0. The third kappa shape index (κ3) is 1.88. The lowest BCUT2D eigenvalue weighted by molar-refractivity contribution is -0.138. The Morgan fingerprint density at radius 1 is 1.55 bits per heavy atom. The molecule has 1 aliphatic rings. The highest BCUT2D eigenvalue weighted by molar-refractivity contribution is 7.30. The standard InChI is InChI=1S/C5H8O4P2/c6-4(9-10)5(1-2-5)3-11(7)8/h1-3,10H2. The maximum Gasteiger partial charge on any atom is 0.316 e. The molecular weight excluding hydrogens is 186 g/mol. The van der Waals surface area contributed by atoms with Crippen LogP contribution in [0.25, 0.3) is 0 Å². The molecule has 4 nitrogen and oxygen atoms in total. The molecule has 0 saturated heterocycles. The smallest absolute Gasteiger partial charge is 0.316 e. The first-order chi connectivity index (χ1) is 5.10. The number of hydrogen-bond acceptors (Lipinski definition) is 4. The lowest BCUT2D eigenvalue weighted by atomic mass is 10.1. The van der Waals surface area contributed by atoms with Crippen LogP contribution in [0, 0.1) is 5.41 Å². The first-order valence-electron chi connectivity index (χ1n) is 3.14. The molecule has 6 heteroatoms. The molecule has 1 saturated carbocycles. The Morgan fingerprint density at radius 3 is 2.36 bits per heavy atom. The molecular formula is C5H8O4P2. The average molecular weight is 194 g/mol. The molecule has 1 fully saturated rings. The van der Waals surface area contributed by atoms with Gasteiger partial charge in [-0.15, -0.1) is 0 Å². The van der Waals surface area contributed by atoms with Crippen LogP contribution < -0.4 is 0 Å². The van der Waals surface area contributed by atoms with Crippen LogP contribution in [0.15, 0.2) is 0 Å². The second kappa shape index (κ2) is 3.04. The van der Waals surface area contributed by atoms with Gasteiger partial charge < -0.3 is 4.52 Å². The van der Waals surface area contributed by atoms with Crippen LogP contribution in [0.3, 0.4) is 0 Å². The Balaban J connectivity index is 2.60. The van der Waals surface area contributed by atoms with Gasteiger partial charge in [-0.25, -0.2) is 9.13 Å². The van der Waals surface area contributed by atoms with Gasteiger partial charge in [-0.1, -0.05) is 0 Å². The summed E-state index contributed by atoms with van der Waals surface area (Å²) in [6.07, 6.45) is 1.18. The predicted octanol–water partition coefficient (Wildman–Crippen LogP) is 1.27. The van der Waals surface area contributed by atoms with E-state index >= 15 is 0 Å². The summed E-state index contributed by atoms with van der Waals surface area (Å²) in [7, 11) is -0.638. The third-order valence-corrected chi connectivity index (χ3v) is 2.90. The van der Waals surface area contributed by atoms with Gasteiger partial charge in [-0.2, -0.15) is 0 Å². The molecule has 0 bridgehead atoms. The van der Waals surface area contributed by atoms with E-state index in [0.29, 0.717) is 12.8 Å². The van der Waals surface area contributed by atoms with Gasteiger partial charge in [0.15, 0.2) is 0 Å². The summed E-state index contributed by atoms with van der Waals surface area (Å²) in [6.45, 7) is 0. The first-order valence-corrected chi connectivity index (χ1v) is 4.97. The van der Waals surface area contributed by atoms with Crippen molar-refractivity contribution < 1.29 is 18.4 Å². The Morgan fingerprint density at radius 2 is 2.09 bits per heavy atom. The number of rotatable bonds is 3. The minimum Gasteiger partial charge on any atom is -0.451 e. The van der Waals surface area contributed by atoms with Gasteiger partial charge in [0.1, 0.15) is 0 Å². The zero-order chi connectivity index (χ0) is 8.48. The lowest BCUT2D eigenvalue weighted by Crippen LogP contribution is -2.17. The molecule has 0 aromatic heterocycles. The van der Waals surface area contributed by atoms with Gasteiger partial charge in [0, 0.05) is 0 Å². The van der Waals surface area contributed by atoms with Crippen molar-refractivity contribution in [3.05, 3.63) is 0 Å². The molecule has 0 aromatic rings. The summed E-state index contributed by atoms with van der Waals surface area (Å²) in [5, 5.41) is 0. The van der Waals surface area contributed by atoms with Gasteiger partial charge in [-0.3, -0.25) is 4.79 Å². The van der Waals surface area contributed by atoms with E-state index in [0.717, 1.165) is 0 Å². The highest BCUT2D eigenvalue weighted by Gasteiger charge is 2.52.